The van der Waals surface area contributed by atoms with Gasteiger partial charge >= 0.3 is 0 Å². The minimum atomic E-state index is -0.436. The number of aryl methyl sites for hydroxylation is 1. The number of ether oxygens (including phenoxy) is 1. The highest BCUT2D eigenvalue weighted by atomic mass is 32.2. The van der Waals surface area contributed by atoms with Gasteiger partial charge in [-0.1, -0.05) is 36.0 Å². The van der Waals surface area contributed by atoms with Crippen LogP contribution in [0.5, 0.6) is 5.75 Å². The molecular weight excluding hydrogens is 471 g/mol. The Bertz CT molecular complexity index is 1290. The minimum absolute atomic E-state index is 0.0350. The van der Waals surface area contributed by atoms with E-state index < -0.39 is 5.82 Å². The number of thioether (sulfide) groups is 1. The lowest BCUT2D eigenvalue weighted by Crippen LogP contribution is -2.10. The van der Waals surface area contributed by atoms with Crippen molar-refractivity contribution >= 4 is 28.9 Å². The molecule has 4 rings (SSSR count). The van der Waals surface area contributed by atoms with E-state index in [1.165, 1.54) is 22.7 Å². The third-order valence-corrected chi connectivity index (χ3v) is 7.23. The first-order chi connectivity index (χ1) is 16.5. The zero-order valence-electron chi connectivity index (χ0n) is 19.0. The number of aromatic nitrogens is 4. The lowest BCUT2D eigenvalue weighted by Gasteiger charge is -2.10. The van der Waals surface area contributed by atoms with E-state index in [2.05, 4.69) is 32.8 Å². The van der Waals surface area contributed by atoms with Gasteiger partial charge in [0.15, 0.2) is 28.3 Å². The molecule has 0 aliphatic rings. The Morgan fingerprint density at radius 1 is 1.21 bits per heavy atom. The quantitative estimate of drug-likeness (QED) is 0.152. The molecule has 0 atom stereocenters. The normalized spacial score (nSPS) is 11.0. The van der Waals surface area contributed by atoms with Gasteiger partial charge in [-0.3, -0.25) is 9.36 Å². The Morgan fingerprint density at radius 2 is 2.03 bits per heavy atom. The largest absolute Gasteiger partial charge is 0.483 e. The Balaban J connectivity index is 1.44. The van der Waals surface area contributed by atoms with Crippen molar-refractivity contribution in [3.8, 4) is 5.75 Å². The van der Waals surface area contributed by atoms with Gasteiger partial charge in [-0.2, -0.15) is 0 Å². The molecule has 0 bridgehead atoms. The molecule has 9 heteroatoms. The molecule has 0 fully saturated rings. The van der Waals surface area contributed by atoms with E-state index >= 15 is 0 Å². The van der Waals surface area contributed by atoms with E-state index in [9.17, 15) is 9.18 Å². The monoisotopic (exact) mass is 496 g/mol. The number of halogens is 1. The van der Waals surface area contributed by atoms with Crippen LogP contribution in [0, 0.1) is 19.7 Å². The van der Waals surface area contributed by atoms with Crippen LogP contribution in [0.15, 0.2) is 65.7 Å². The maximum atomic E-state index is 13.9. The SMILES string of the molecule is C=CCn1c(COc2ccccc2F)nnc1SCC(=O)c1cc(C)n(Cc2cccs2)c1C. The molecule has 3 aromatic heterocycles. The second kappa shape index (κ2) is 10.8. The van der Waals surface area contributed by atoms with Crippen LogP contribution in [-0.4, -0.2) is 30.9 Å². The summed E-state index contributed by atoms with van der Waals surface area (Å²) in [5.74, 6) is 0.513. The summed E-state index contributed by atoms with van der Waals surface area (Å²) in [6.07, 6.45) is 1.72. The third kappa shape index (κ3) is 5.31. The molecule has 1 aromatic carbocycles. The molecule has 6 nitrogen and oxygen atoms in total. The summed E-state index contributed by atoms with van der Waals surface area (Å²) in [6.45, 7) is 9.06. The molecule has 0 N–H and O–H groups in total. The number of hydrogen-bond acceptors (Lipinski definition) is 6. The maximum absolute atomic E-state index is 13.9. The molecule has 0 radical (unpaired) electrons. The number of nitrogens with zero attached hydrogens (tertiary/aromatic N) is 4. The van der Waals surface area contributed by atoms with Crippen molar-refractivity contribution in [1.82, 2.24) is 19.3 Å². The van der Waals surface area contributed by atoms with Crippen LogP contribution in [0.1, 0.15) is 32.4 Å². The number of allylic oxidation sites excluding steroid dienone is 1. The van der Waals surface area contributed by atoms with Crippen molar-refractivity contribution in [2.45, 2.75) is 38.7 Å². The number of benzene rings is 1. The fourth-order valence-electron chi connectivity index (χ4n) is 3.64. The van der Waals surface area contributed by atoms with E-state index in [0.717, 1.165) is 23.5 Å². The summed E-state index contributed by atoms with van der Waals surface area (Å²) in [4.78, 5) is 14.3. The van der Waals surface area contributed by atoms with Crippen molar-refractivity contribution in [1.29, 1.82) is 0 Å². The van der Waals surface area contributed by atoms with E-state index in [0.29, 0.717) is 17.5 Å². The van der Waals surface area contributed by atoms with Gasteiger partial charge in [0.2, 0.25) is 0 Å². The van der Waals surface area contributed by atoms with Gasteiger partial charge in [0.25, 0.3) is 0 Å². The van der Waals surface area contributed by atoms with Crippen molar-refractivity contribution < 1.29 is 13.9 Å². The van der Waals surface area contributed by atoms with Gasteiger partial charge < -0.3 is 9.30 Å². The Hall–Kier alpha value is -3.17. The average Bonchev–Trinajstić information content (AvgIpc) is 3.54. The first-order valence-electron chi connectivity index (χ1n) is 10.7. The Morgan fingerprint density at radius 3 is 2.76 bits per heavy atom. The molecule has 4 aromatic rings. The predicted molar refractivity (Wildman–Crippen MR) is 133 cm³/mol. The predicted octanol–water partition coefficient (Wildman–Crippen LogP) is 5.69. The standard InChI is InChI=1S/C25H25FN4O2S2/c1-4-11-29-24(15-32-23-10-6-5-9-21(23)26)27-28-25(29)34-16-22(31)20-13-17(2)30(18(20)3)14-19-8-7-12-33-19/h4-10,12-13H,1,11,14-16H2,2-3H3. The zero-order valence-corrected chi connectivity index (χ0v) is 20.7. The molecule has 0 unspecified atom stereocenters. The van der Waals surface area contributed by atoms with Crippen molar-refractivity contribution in [2.75, 3.05) is 5.75 Å². The van der Waals surface area contributed by atoms with Crippen molar-refractivity contribution in [2.24, 2.45) is 0 Å². The number of para-hydroxylation sites is 1. The van der Waals surface area contributed by atoms with E-state index in [-0.39, 0.29) is 23.9 Å². The van der Waals surface area contributed by atoms with Gasteiger partial charge in [0.05, 0.1) is 12.3 Å². The second-order valence-electron chi connectivity index (χ2n) is 7.68. The summed E-state index contributed by atoms with van der Waals surface area (Å²) in [5, 5.41) is 11.1. The molecule has 0 spiro atoms. The zero-order chi connectivity index (χ0) is 24.1. The molecule has 0 aliphatic carbocycles. The second-order valence-corrected chi connectivity index (χ2v) is 9.65. The van der Waals surface area contributed by atoms with Gasteiger partial charge in [-0.15, -0.1) is 28.1 Å². The number of rotatable bonds is 11. The number of ketones is 1. The van der Waals surface area contributed by atoms with Crippen molar-refractivity contribution in [3.05, 3.63) is 94.0 Å². The summed E-state index contributed by atoms with van der Waals surface area (Å²) in [6, 6.07) is 12.3. The summed E-state index contributed by atoms with van der Waals surface area (Å²) in [5.41, 5.74) is 2.74. The van der Waals surface area contributed by atoms with Crippen LogP contribution < -0.4 is 4.74 Å². The third-order valence-electron chi connectivity index (χ3n) is 5.40. The topological polar surface area (TPSA) is 61.9 Å². The van der Waals surface area contributed by atoms with E-state index in [1.54, 1.807) is 35.6 Å². The Kier molecular flexibility index (Phi) is 7.64. The van der Waals surface area contributed by atoms with Crippen LogP contribution in [0.3, 0.4) is 0 Å². The van der Waals surface area contributed by atoms with Crippen LogP contribution in [0.4, 0.5) is 4.39 Å². The Labute approximate surface area is 206 Å². The fourth-order valence-corrected chi connectivity index (χ4v) is 5.18. The maximum Gasteiger partial charge on any atom is 0.192 e. The van der Waals surface area contributed by atoms with E-state index in [4.69, 9.17) is 4.74 Å². The number of Topliss-reactive ketones (excluding diaryl/α,β-unsaturated/α-hetero) is 1. The average molecular weight is 497 g/mol. The lowest BCUT2D eigenvalue weighted by molar-refractivity contribution is 0.102. The van der Waals surface area contributed by atoms with Gasteiger partial charge in [-0.05, 0) is 43.5 Å². The molecule has 0 amide bonds. The summed E-state index contributed by atoms with van der Waals surface area (Å²) in [7, 11) is 0. The highest BCUT2D eigenvalue weighted by Gasteiger charge is 2.19. The van der Waals surface area contributed by atoms with Crippen LogP contribution >= 0.6 is 23.1 Å². The smallest absolute Gasteiger partial charge is 0.192 e. The molecule has 3 heterocycles. The number of carbonyl (C=O) groups excluding carboxylic acids is 1. The van der Waals surface area contributed by atoms with Gasteiger partial charge in [0, 0.05) is 28.4 Å². The molecule has 0 saturated carbocycles. The van der Waals surface area contributed by atoms with Crippen LogP contribution in [0.25, 0.3) is 0 Å². The van der Waals surface area contributed by atoms with Crippen molar-refractivity contribution in [3.63, 3.8) is 0 Å². The van der Waals surface area contributed by atoms with Gasteiger partial charge in [-0.25, -0.2) is 4.39 Å². The summed E-state index contributed by atoms with van der Waals surface area (Å²) < 4.78 is 23.4. The minimum Gasteiger partial charge on any atom is -0.483 e. The summed E-state index contributed by atoms with van der Waals surface area (Å²) >= 11 is 3.03. The van der Waals surface area contributed by atoms with Crippen LogP contribution in [0.2, 0.25) is 0 Å². The first-order valence-corrected chi connectivity index (χ1v) is 12.6. The fraction of sp³-hybridized carbons (Fsp3) is 0.240. The van der Waals surface area contributed by atoms with E-state index in [1.807, 2.05) is 30.5 Å². The molecular formula is C25H25FN4O2S2. The molecule has 0 saturated heterocycles. The molecule has 176 valence electrons. The first kappa shape index (κ1) is 24.0. The lowest BCUT2D eigenvalue weighted by atomic mass is 10.2. The van der Waals surface area contributed by atoms with Gasteiger partial charge in [0.1, 0.15) is 6.61 Å². The number of hydrogen-bond donors (Lipinski definition) is 0. The highest BCUT2D eigenvalue weighted by molar-refractivity contribution is 7.99. The van der Waals surface area contributed by atoms with Crippen LogP contribution in [-0.2, 0) is 19.7 Å². The molecule has 34 heavy (non-hydrogen) atoms. The highest BCUT2D eigenvalue weighted by Crippen LogP contribution is 2.24. The molecule has 0 aliphatic heterocycles. The number of thiophene rings is 1. The number of carbonyl (C=O) groups is 1.